The van der Waals surface area contributed by atoms with Gasteiger partial charge in [0.2, 0.25) is 5.88 Å². The molecule has 3 rings (SSSR count). The first-order valence-corrected chi connectivity index (χ1v) is 8.65. The molecule has 5 nitrogen and oxygen atoms in total. The lowest BCUT2D eigenvalue weighted by atomic mass is 10.1. The van der Waals surface area contributed by atoms with Crippen molar-refractivity contribution in [2.24, 2.45) is 0 Å². The summed E-state index contributed by atoms with van der Waals surface area (Å²) in [5, 5.41) is 6.69. The highest BCUT2D eigenvalue weighted by molar-refractivity contribution is 5.93. The second-order valence-electron chi connectivity index (χ2n) is 6.19. The van der Waals surface area contributed by atoms with E-state index in [0.29, 0.717) is 17.3 Å². The van der Waals surface area contributed by atoms with Gasteiger partial charge in [-0.15, -0.1) is 0 Å². The molecule has 1 N–H and O–H groups in total. The maximum Gasteiger partial charge on any atom is 0.267 e. The highest BCUT2D eigenvalue weighted by Gasteiger charge is 2.17. The quantitative estimate of drug-likeness (QED) is 0.704. The third-order valence-corrected chi connectivity index (χ3v) is 4.12. The van der Waals surface area contributed by atoms with Crippen LogP contribution in [-0.4, -0.2) is 17.2 Å². The minimum absolute atomic E-state index is 0.294. The molecule has 5 heteroatoms. The van der Waals surface area contributed by atoms with Gasteiger partial charge in [0.05, 0.1) is 0 Å². The maximum absolute atomic E-state index is 12.3. The third-order valence-electron chi connectivity index (χ3n) is 4.12. The van der Waals surface area contributed by atoms with Gasteiger partial charge in [0.25, 0.3) is 5.91 Å². The molecule has 1 heterocycles. The number of benzene rings is 2. The zero-order chi connectivity index (χ0) is 18.5. The van der Waals surface area contributed by atoms with Crippen molar-refractivity contribution in [1.82, 2.24) is 5.16 Å². The lowest BCUT2D eigenvalue weighted by Crippen LogP contribution is -2.29. The van der Waals surface area contributed by atoms with E-state index in [9.17, 15) is 4.79 Å². The number of carbonyl (C=O) groups excluding carboxylic acids is 1. The van der Waals surface area contributed by atoms with Crippen molar-refractivity contribution in [3.05, 3.63) is 65.7 Å². The van der Waals surface area contributed by atoms with Crippen LogP contribution in [0.2, 0.25) is 0 Å². The summed E-state index contributed by atoms with van der Waals surface area (Å²) in [6.07, 6.45) is 0.306. The molecule has 134 valence electrons. The Kier molecular flexibility index (Phi) is 5.37. The van der Waals surface area contributed by atoms with E-state index in [0.717, 1.165) is 12.0 Å². The largest absolute Gasteiger partial charge is 0.481 e. The SMILES string of the molecule is CCc1ccc(O[C@H](C)C(=O)Nc2cc(-c3ccc(C)cc3)no2)cc1. The molecule has 0 saturated carbocycles. The number of ether oxygens (including phenoxy) is 1. The van der Waals surface area contributed by atoms with Crippen LogP contribution in [0.5, 0.6) is 5.75 Å². The molecular weight excluding hydrogens is 328 g/mol. The molecule has 1 atom stereocenters. The number of hydrogen-bond acceptors (Lipinski definition) is 4. The molecule has 0 unspecified atom stereocenters. The average molecular weight is 350 g/mol. The van der Waals surface area contributed by atoms with Gasteiger partial charge in [-0.3, -0.25) is 10.1 Å². The van der Waals surface area contributed by atoms with Crippen LogP contribution in [0.4, 0.5) is 5.88 Å². The van der Waals surface area contributed by atoms with Crippen LogP contribution in [0.3, 0.4) is 0 Å². The number of anilines is 1. The van der Waals surface area contributed by atoms with Crippen LogP contribution in [0.15, 0.2) is 59.1 Å². The number of hydrogen-bond donors (Lipinski definition) is 1. The predicted octanol–water partition coefficient (Wildman–Crippen LogP) is 4.62. The Hall–Kier alpha value is -3.08. The smallest absolute Gasteiger partial charge is 0.267 e. The molecule has 0 aliphatic rings. The standard InChI is InChI=1S/C21H22N2O3/c1-4-16-7-11-18(12-8-16)25-15(3)21(24)22-20-13-19(23-26-20)17-9-5-14(2)6-10-17/h5-13,15H,4H2,1-3H3,(H,22,24)/t15-/m1/s1. The second-order valence-corrected chi connectivity index (χ2v) is 6.19. The summed E-state index contributed by atoms with van der Waals surface area (Å²) in [4.78, 5) is 12.3. The lowest BCUT2D eigenvalue weighted by Gasteiger charge is -2.13. The molecule has 0 saturated heterocycles. The fourth-order valence-corrected chi connectivity index (χ4v) is 2.48. The first kappa shape index (κ1) is 17.7. The zero-order valence-corrected chi connectivity index (χ0v) is 15.2. The fraction of sp³-hybridized carbons (Fsp3) is 0.238. The van der Waals surface area contributed by atoms with E-state index in [1.807, 2.05) is 55.5 Å². The van der Waals surface area contributed by atoms with E-state index in [-0.39, 0.29) is 5.91 Å². The Bertz CT molecular complexity index is 867. The molecule has 0 aliphatic carbocycles. The number of nitrogens with one attached hydrogen (secondary N) is 1. The molecule has 0 spiro atoms. The van der Waals surface area contributed by atoms with Crippen molar-refractivity contribution in [2.45, 2.75) is 33.3 Å². The molecular formula is C21H22N2O3. The molecule has 26 heavy (non-hydrogen) atoms. The Balaban J connectivity index is 1.61. The number of aromatic nitrogens is 1. The lowest BCUT2D eigenvalue weighted by molar-refractivity contribution is -0.122. The summed E-state index contributed by atoms with van der Waals surface area (Å²) in [5.41, 5.74) is 3.99. The predicted molar refractivity (Wildman–Crippen MR) is 101 cm³/mol. The second kappa shape index (κ2) is 7.87. The monoisotopic (exact) mass is 350 g/mol. The van der Waals surface area contributed by atoms with E-state index < -0.39 is 6.10 Å². The maximum atomic E-state index is 12.3. The topological polar surface area (TPSA) is 64.4 Å². The molecule has 0 bridgehead atoms. The Morgan fingerprint density at radius 2 is 1.85 bits per heavy atom. The van der Waals surface area contributed by atoms with E-state index in [4.69, 9.17) is 9.26 Å². The van der Waals surface area contributed by atoms with Gasteiger partial charge in [-0.25, -0.2) is 0 Å². The van der Waals surface area contributed by atoms with Crippen molar-refractivity contribution in [3.8, 4) is 17.0 Å². The van der Waals surface area contributed by atoms with Crippen LogP contribution in [-0.2, 0) is 11.2 Å². The Labute approximate surface area is 153 Å². The van der Waals surface area contributed by atoms with Gasteiger partial charge < -0.3 is 9.26 Å². The van der Waals surface area contributed by atoms with Crippen molar-refractivity contribution < 1.29 is 14.1 Å². The van der Waals surface area contributed by atoms with Gasteiger partial charge in [0.1, 0.15) is 11.4 Å². The molecule has 0 radical (unpaired) electrons. The van der Waals surface area contributed by atoms with Crippen molar-refractivity contribution >= 4 is 11.8 Å². The third kappa shape index (κ3) is 4.30. The highest BCUT2D eigenvalue weighted by Crippen LogP contribution is 2.22. The van der Waals surface area contributed by atoms with Crippen molar-refractivity contribution in [2.75, 3.05) is 5.32 Å². The molecule has 0 fully saturated rings. The average Bonchev–Trinajstić information content (AvgIpc) is 3.11. The van der Waals surface area contributed by atoms with Gasteiger partial charge in [-0.05, 0) is 38.0 Å². The van der Waals surface area contributed by atoms with E-state index in [2.05, 4.69) is 17.4 Å². The van der Waals surface area contributed by atoms with Gasteiger partial charge >= 0.3 is 0 Å². The van der Waals surface area contributed by atoms with Crippen LogP contribution in [0.1, 0.15) is 25.0 Å². The molecule has 2 aromatic carbocycles. The van der Waals surface area contributed by atoms with Crippen LogP contribution >= 0.6 is 0 Å². The first-order valence-electron chi connectivity index (χ1n) is 8.65. The summed E-state index contributed by atoms with van der Waals surface area (Å²) in [6.45, 7) is 5.81. The van der Waals surface area contributed by atoms with Crippen LogP contribution in [0, 0.1) is 6.92 Å². The van der Waals surface area contributed by atoms with Gasteiger partial charge in [-0.2, -0.15) is 0 Å². The minimum Gasteiger partial charge on any atom is -0.481 e. The highest BCUT2D eigenvalue weighted by atomic mass is 16.5. The van der Waals surface area contributed by atoms with Crippen LogP contribution in [0.25, 0.3) is 11.3 Å². The van der Waals surface area contributed by atoms with E-state index >= 15 is 0 Å². The fourth-order valence-electron chi connectivity index (χ4n) is 2.48. The van der Waals surface area contributed by atoms with Crippen molar-refractivity contribution in [3.63, 3.8) is 0 Å². The number of rotatable bonds is 6. The van der Waals surface area contributed by atoms with Crippen molar-refractivity contribution in [1.29, 1.82) is 0 Å². The number of carbonyl (C=O) groups is 1. The summed E-state index contributed by atoms with van der Waals surface area (Å²) < 4.78 is 10.9. The summed E-state index contributed by atoms with van der Waals surface area (Å²) in [6, 6.07) is 17.3. The number of nitrogens with zero attached hydrogens (tertiary/aromatic N) is 1. The Morgan fingerprint density at radius 3 is 2.50 bits per heavy atom. The molecule has 1 aromatic heterocycles. The van der Waals surface area contributed by atoms with E-state index in [1.165, 1.54) is 11.1 Å². The summed E-state index contributed by atoms with van der Waals surface area (Å²) >= 11 is 0. The van der Waals surface area contributed by atoms with E-state index in [1.54, 1.807) is 13.0 Å². The summed E-state index contributed by atoms with van der Waals surface area (Å²) in [5.74, 6) is 0.654. The molecule has 3 aromatic rings. The van der Waals surface area contributed by atoms with Crippen LogP contribution < -0.4 is 10.1 Å². The van der Waals surface area contributed by atoms with Gasteiger partial charge in [-0.1, -0.05) is 54.0 Å². The number of amides is 1. The zero-order valence-electron chi connectivity index (χ0n) is 15.2. The normalized spacial score (nSPS) is 11.8. The molecule has 0 aliphatic heterocycles. The summed E-state index contributed by atoms with van der Waals surface area (Å²) in [7, 11) is 0. The molecule has 1 amide bonds. The minimum atomic E-state index is -0.657. The first-order chi connectivity index (χ1) is 12.5. The number of aryl methyl sites for hydroxylation is 2. The van der Waals surface area contributed by atoms with Gasteiger partial charge in [0, 0.05) is 11.6 Å². The Morgan fingerprint density at radius 1 is 1.15 bits per heavy atom. The van der Waals surface area contributed by atoms with Gasteiger partial charge in [0.15, 0.2) is 6.10 Å².